The van der Waals surface area contributed by atoms with Gasteiger partial charge in [0.2, 0.25) is 0 Å². The lowest BCUT2D eigenvalue weighted by molar-refractivity contribution is -0.236. The van der Waals surface area contributed by atoms with Crippen LogP contribution in [0.15, 0.2) is 51.9 Å². The van der Waals surface area contributed by atoms with Crippen LogP contribution in [0.3, 0.4) is 0 Å². The van der Waals surface area contributed by atoms with E-state index in [2.05, 4.69) is 25.8 Å². The van der Waals surface area contributed by atoms with Gasteiger partial charge in [-0.2, -0.15) is 5.26 Å². The number of amides is 1. The molecule has 0 aromatic heterocycles. The normalized spacial score (nSPS) is 25.2. The Labute approximate surface area is 235 Å². The van der Waals surface area contributed by atoms with Gasteiger partial charge in [-0.3, -0.25) is 14.8 Å². The fraction of sp³-hybridized carbons (Fsp3) is 0.423. The number of amidine groups is 1. The molecule has 3 atom stereocenters. The number of hydrogen-bond donors (Lipinski definition) is 1. The number of fused-ring (bicyclic) bond motifs is 1. The number of thioether (sulfide) groups is 1. The van der Waals surface area contributed by atoms with Crippen LogP contribution in [0.4, 0.5) is 18.0 Å². The van der Waals surface area contributed by atoms with Crippen LogP contribution in [0.1, 0.15) is 38.8 Å². The maximum Gasteiger partial charge on any atom is 0.416 e. The number of rotatable bonds is 5. The van der Waals surface area contributed by atoms with Crippen molar-refractivity contribution in [2.45, 2.75) is 56.0 Å². The quantitative estimate of drug-likeness (QED) is 0.303. The van der Waals surface area contributed by atoms with Crippen LogP contribution in [-0.2, 0) is 26.5 Å². The van der Waals surface area contributed by atoms with Gasteiger partial charge in [0.1, 0.15) is 17.2 Å². The van der Waals surface area contributed by atoms with Crippen molar-refractivity contribution >= 4 is 44.9 Å². The van der Waals surface area contributed by atoms with E-state index in [1.807, 2.05) is 0 Å². The fourth-order valence-corrected chi connectivity index (χ4v) is 6.65. The molecule has 0 radical (unpaired) electrons. The number of aliphatic imine (C=N–C) groups is 1. The van der Waals surface area contributed by atoms with Gasteiger partial charge < -0.3 is 9.47 Å². The van der Waals surface area contributed by atoms with Gasteiger partial charge in [-0.25, -0.2) is 22.8 Å². The molecule has 13 heteroatoms. The Morgan fingerprint density at radius 1 is 1.18 bits per heavy atom. The molecule has 1 heterocycles. The zero-order valence-electron chi connectivity index (χ0n) is 21.6. The van der Waals surface area contributed by atoms with Gasteiger partial charge in [0.25, 0.3) is 5.92 Å². The number of benzene rings is 2. The Balaban J connectivity index is 1.90. The molecule has 4 rings (SSSR count). The van der Waals surface area contributed by atoms with E-state index in [-0.39, 0.29) is 29.0 Å². The molecule has 1 saturated carbocycles. The number of ether oxygens (including phenoxy) is 2. The molecule has 2 aromatic rings. The minimum atomic E-state index is -3.79. The van der Waals surface area contributed by atoms with Crippen LogP contribution in [0.25, 0.3) is 0 Å². The molecule has 0 saturated heterocycles. The van der Waals surface area contributed by atoms with Crippen molar-refractivity contribution in [2.75, 3.05) is 7.11 Å². The highest BCUT2D eigenvalue weighted by Gasteiger charge is 2.93. The highest BCUT2D eigenvalue weighted by molar-refractivity contribution is 9.10. The molecule has 8 nitrogen and oxygen atoms in total. The third-order valence-corrected chi connectivity index (χ3v) is 8.51. The van der Waals surface area contributed by atoms with E-state index in [0.29, 0.717) is 15.8 Å². The first-order valence-electron chi connectivity index (χ1n) is 11.7. The van der Waals surface area contributed by atoms with Crippen molar-refractivity contribution in [1.82, 2.24) is 4.90 Å². The van der Waals surface area contributed by atoms with Crippen LogP contribution in [0.2, 0.25) is 0 Å². The lowest BCUT2D eigenvalue weighted by Gasteiger charge is -2.36. The first-order valence-corrected chi connectivity index (χ1v) is 13.3. The second-order valence-corrected chi connectivity index (χ2v) is 12.5. The Morgan fingerprint density at radius 3 is 2.38 bits per heavy atom. The third-order valence-electron chi connectivity index (χ3n) is 6.53. The first-order chi connectivity index (χ1) is 18.1. The third kappa shape index (κ3) is 5.00. The molecule has 2 aromatic carbocycles. The summed E-state index contributed by atoms with van der Waals surface area (Å²) in [6.07, 6.45) is -0.934. The van der Waals surface area contributed by atoms with E-state index in [0.717, 1.165) is 11.0 Å². The number of alkyl halides is 2. The van der Waals surface area contributed by atoms with Gasteiger partial charge >= 0.3 is 12.1 Å². The first kappa shape index (κ1) is 29.2. The minimum Gasteiger partial charge on any atom is -0.497 e. The van der Waals surface area contributed by atoms with E-state index in [9.17, 15) is 14.8 Å². The molecule has 1 aliphatic carbocycles. The Morgan fingerprint density at radius 2 is 1.82 bits per heavy atom. The van der Waals surface area contributed by atoms with Gasteiger partial charge in [0, 0.05) is 10.0 Å². The monoisotopic (exact) mass is 630 g/mol. The van der Waals surface area contributed by atoms with Crippen molar-refractivity contribution in [3.63, 3.8) is 0 Å². The molecule has 0 bridgehead atoms. The van der Waals surface area contributed by atoms with Crippen LogP contribution in [0.5, 0.6) is 5.75 Å². The van der Waals surface area contributed by atoms with Gasteiger partial charge in [0.15, 0.2) is 9.91 Å². The minimum absolute atomic E-state index is 0.192. The summed E-state index contributed by atoms with van der Waals surface area (Å²) in [6, 6.07) is 10.4. The lowest BCUT2D eigenvalue weighted by Crippen LogP contribution is -2.46. The zero-order chi connectivity index (χ0) is 29.0. The van der Waals surface area contributed by atoms with Crippen LogP contribution >= 0.6 is 27.7 Å². The Bertz CT molecular complexity index is 1340. The van der Waals surface area contributed by atoms with Crippen molar-refractivity contribution in [2.24, 2.45) is 10.9 Å². The second kappa shape index (κ2) is 10.0. The molecule has 0 spiro atoms. The van der Waals surface area contributed by atoms with E-state index in [1.165, 1.54) is 26.2 Å². The molecule has 39 heavy (non-hydrogen) atoms. The average molecular weight is 631 g/mol. The van der Waals surface area contributed by atoms with E-state index in [4.69, 9.17) is 9.47 Å². The van der Waals surface area contributed by atoms with E-state index in [1.54, 1.807) is 45.0 Å². The predicted molar refractivity (Wildman–Crippen MR) is 141 cm³/mol. The van der Waals surface area contributed by atoms with Crippen LogP contribution in [-0.4, -0.2) is 50.8 Å². The lowest BCUT2D eigenvalue weighted by atomic mass is 9.85. The summed E-state index contributed by atoms with van der Waals surface area (Å²) in [5.41, 5.74) is -2.70. The van der Waals surface area contributed by atoms with Gasteiger partial charge in [0.05, 0.1) is 25.1 Å². The van der Waals surface area contributed by atoms with Crippen LogP contribution < -0.4 is 4.74 Å². The number of hydrogen-bond acceptors (Lipinski definition) is 8. The molecule has 1 amide bonds. The zero-order valence-corrected chi connectivity index (χ0v) is 24.0. The standard InChI is InChI=1S/C26H26BrF3N2O6S/c1-23(2,3)37-22(34)32(13-14-6-9-16(36-5)10-7-14)21-31-24(4,17-12-15(27)8-11-18(17)28)19-25(39-21,20(33)38-35)26(19,29)30/h6-12,19,35H,13H2,1-5H3/t19?,24-,25?/m1/s1. The Kier molecular flexibility index (Phi) is 7.50. The summed E-state index contributed by atoms with van der Waals surface area (Å²) in [6.45, 7) is 5.94. The molecule has 2 unspecified atom stereocenters. The molecule has 2 aliphatic rings. The van der Waals surface area contributed by atoms with E-state index < -0.39 is 45.6 Å². The fourth-order valence-electron chi connectivity index (χ4n) is 4.71. The topological polar surface area (TPSA) is 97.7 Å². The maximum atomic E-state index is 15.6. The highest BCUT2D eigenvalue weighted by Crippen LogP contribution is 2.75. The number of nitrogens with zero attached hydrogens (tertiary/aromatic N) is 2. The second-order valence-electron chi connectivity index (χ2n) is 10.4. The van der Waals surface area contributed by atoms with Gasteiger partial charge in [-0.1, -0.05) is 39.8 Å². The largest absolute Gasteiger partial charge is 0.497 e. The van der Waals surface area contributed by atoms with Crippen molar-refractivity contribution in [3.05, 3.63) is 63.9 Å². The summed E-state index contributed by atoms with van der Waals surface area (Å²) in [7, 11) is 1.49. The molecule has 1 aliphatic heterocycles. The molecule has 1 fully saturated rings. The highest BCUT2D eigenvalue weighted by atomic mass is 79.9. The van der Waals surface area contributed by atoms with Crippen molar-refractivity contribution in [1.29, 1.82) is 0 Å². The summed E-state index contributed by atoms with van der Waals surface area (Å²) in [4.78, 5) is 35.5. The van der Waals surface area contributed by atoms with Crippen molar-refractivity contribution in [3.8, 4) is 5.75 Å². The maximum absolute atomic E-state index is 15.6. The van der Waals surface area contributed by atoms with Gasteiger partial charge in [-0.05, 0) is 63.6 Å². The number of carbonyl (C=O) groups is 2. The summed E-state index contributed by atoms with van der Waals surface area (Å²) >= 11 is 3.50. The summed E-state index contributed by atoms with van der Waals surface area (Å²) in [5, 5.41) is 8.85. The molecule has 1 N–H and O–H groups in total. The van der Waals surface area contributed by atoms with Gasteiger partial charge in [-0.15, -0.1) is 0 Å². The van der Waals surface area contributed by atoms with Crippen molar-refractivity contribution < 1.29 is 42.4 Å². The number of carbonyl (C=O) groups excluding carboxylic acids is 2. The summed E-state index contributed by atoms with van der Waals surface area (Å²) < 4.78 is 54.8. The SMILES string of the molecule is COc1ccc(CN(C(=O)OC(C)(C)C)C2=N[C@](C)(c3cc(Br)ccc3F)C3C(F)(F)C3(C(=O)OO)S2)cc1. The van der Waals surface area contributed by atoms with Crippen LogP contribution in [0, 0.1) is 11.7 Å². The number of halogens is 4. The average Bonchev–Trinajstić information content (AvgIpc) is 3.39. The molecular formula is C26H26BrF3N2O6S. The number of methoxy groups -OCH3 is 1. The molecular weight excluding hydrogens is 605 g/mol. The van der Waals surface area contributed by atoms with E-state index >= 15 is 13.2 Å². The predicted octanol–water partition coefficient (Wildman–Crippen LogP) is 6.37. The summed E-state index contributed by atoms with van der Waals surface area (Å²) in [5.74, 6) is -7.61. The molecule has 210 valence electrons. The Hall–Kier alpha value is -2.77. The smallest absolute Gasteiger partial charge is 0.416 e.